The highest BCUT2D eigenvalue weighted by molar-refractivity contribution is 5.29. The minimum absolute atomic E-state index is 0.246. The summed E-state index contributed by atoms with van der Waals surface area (Å²) in [6.07, 6.45) is 4.63. The van der Waals surface area contributed by atoms with Gasteiger partial charge in [-0.25, -0.2) is 4.39 Å². The number of hydrogen-bond donors (Lipinski definition) is 0. The van der Waals surface area contributed by atoms with E-state index in [-0.39, 0.29) is 5.82 Å². The maximum atomic E-state index is 13.6. The van der Waals surface area contributed by atoms with E-state index in [1.54, 1.807) is 19.1 Å². The van der Waals surface area contributed by atoms with Crippen molar-refractivity contribution in [2.24, 2.45) is 0 Å². The Morgan fingerprint density at radius 2 is 2.35 bits per heavy atom. The predicted molar refractivity (Wildman–Crippen MR) is 64.8 cm³/mol. The first kappa shape index (κ1) is 12.4. The average Bonchev–Trinajstić information content (AvgIpc) is 2.83. The molecule has 1 unspecified atom stereocenters. The van der Waals surface area contributed by atoms with Gasteiger partial charge >= 0.3 is 0 Å². The lowest BCUT2D eigenvalue weighted by molar-refractivity contribution is 0.0979. The van der Waals surface area contributed by atoms with E-state index in [4.69, 9.17) is 9.47 Å². The van der Waals surface area contributed by atoms with Gasteiger partial charge in [-0.15, -0.1) is 0 Å². The number of rotatable bonds is 5. The van der Waals surface area contributed by atoms with Gasteiger partial charge in [0.2, 0.25) is 0 Å². The Morgan fingerprint density at radius 3 is 3.12 bits per heavy atom. The highest BCUT2D eigenvalue weighted by Crippen LogP contribution is 2.21. The maximum absolute atomic E-state index is 13.6. The van der Waals surface area contributed by atoms with Crippen LogP contribution in [-0.4, -0.2) is 19.3 Å². The van der Waals surface area contributed by atoms with Crippen LogP contribution in [0.15, 0.2) is 18.2 Å². The number of ether oxygens (including phenoxy) is 2. The number of hydrogen-bond acceptors (Lipinski definition) is 2. The zero-order valence-electron chi connectivity index (χ0n) is 10.2. The molecule has 2 rings (SSSR count). The van der Waals surface area contributed by atoms with E-state index in [1.165, 1.54) is 0 Å². The second kappa shape index (κ2) is 6.01. The molecule has 0 bridgehead atoms. The van der Waals surface area contributed by atoms with E-state index in [0.29, 0.717) is 24.0 Å². The molecule has 0 aliphatic carbocycles. The number of benzene rings is 1. The topological polar surface area (TPSA) is 18.5 Å². The van der Waals surface area contributed by atoms with Crippen molar-refractivity contribution in [3.05, 3.63) is 29.6 Å². The monoisotopic (exact) mass is 238 g/mol. The summed E-state index contributed by atoms with van der Waals surface area (Å²) in [5.41, 5.74) is 0.627. The van der Waals surface area contributed by atoms with Crippen LogP contribution in [-0.2, 0) is 4.74 Å². The Hall–Kier alpha value is -1.09. The molecule has 3 heteroatoms. The normalized spacial score (nSPS) is 19.5. The minimum atomic E-state index is -0.246. The molecule has 1 aliphatic rings. The van der Waals surface area contributed by atoms with Crippen molar-refractivity contribution < 1.29 is 13.9 Å². The van der Waals surface area contributed by atoms with Crippen LogP contribution < -0.4 is 4.74 Å². The van der Waals surface area contributed by atoms with Gasteiger partial charge in [-0.05, 0) is 44.2 Å². The van der Waals surface area contributed by atoms with Gasteiger partial charge in [0.05, 0.1) is 12.7 Å². The highest BCUT2D eigenvalue weighted by atomic mass is 19.1. The van der Waals surface area contributed by atoms with Crippen molar-refractivity contribution in [2.45, 2.75) is 38.7 Å². The Bertz CT molecular complexity index is 359. The summed E-state index contributed by atoms with van der Waals surface area (Å²) < 4.78 is 24.5. The average molecular weight is 238 g/mol. The lowest BCUT2D eigenvalue weighted by Gasteiger charge is -2.11. The van der Waals surface area contributed by atoms with E-state index in [0.717, 1.165) is 32.3 Å². The Kier molecular flexibility index (Phi) is 4.37. The first-order valence-corrected chi connectivity index (χ1v) is 6.27. The summed E-state index contributed by atoms with van der Waals surface area (Å²) in [5, 5.41) is 0. The summed E-state index contributed by atoms with van der Waals surface area (Å²) in [4.78, 5) is 0. The Labute approximate surface area is 102 Å². The second-order valence-electron chi connectivity index (χ2n) is 4.51. The van der Waals surface area contributed by atoms with E-state index in [1.807, 2.05) is 6.07 Å². The molecular formula is C14H19FO2. The van der Waals surface area contributed by atoms with Crippen molar-refractivity contribution in [1.82, 2.24) is 0 Å². The molecule has 1 heterocycles. The van der Waals surface area contributed by atoms with Gasteiger partial charge in [-0.1, -0.05) is 12.1 Å². The summed E-state index contributed by atoms with van der Waals surface area (Å²) in [5.74, 6) is 0.113. The van der Waals surface area contributed by atoms with Gasteiger partial charge in [0.15, 0.2) is 11.6 Å². The molecule has 1 saturated heterocycles. The van der Waals surface area contributed by atoms with E-state index < -0.39 is 0 Å². The SMILES string of the molecule is Cc1cccc(OCCCC2CCCO2)c1F. The van der Waals surface area contributed by atoms with Crippen LogP contribution in [0.1, 0.15) is 31.2 Å². The first-order valence-electron chi connectivity index (χ1n) is 6.27. The van der Waals surface area contributed by atoms with Crippen LogP contribution in [0.4, 0.5) is 4.39 Å². The summed E-state index contributed by atoms with van der Waals surface area (Å²) >= 11 is 0. The number of halogens is 1. The van der Waals surface area contributed by atoms with Gasteiger partial charge in [-0.2, -0.15) is 0 Å². The van der Waals surface area contributed by atoms with Gasteiger partial charge in [0, 0.05) is 6.61 Å². The van der Waals surface area contributed by atoms with Gasteiger partial charge in [0.25, 0.3) is 0 Å². The van der Waals surface area contributed by atoms with Crippen LogP contribution in [0.3, 0.4) is 0 Å². The molecule has 0 saturated carbocycles. The van der Waals surface area contributed by atoms with Crippen molar-refractivity contribution in [3.63, 3.8) is 0 Å². The molecule has 0 aromatic heterocycles. The summed E-state index contributed by atoms with van der Waals surface area (Å²) in [6, 6.07) is 5.23. The second-order valence-corrected chi connectivity index (χ2v) is 4.51. The predicted octanol–water partition coefficient (Wildman–Crippen LogP) is 3.47. The molecule has 0 spiro atoms. The van der Waals surface area contributed by atoms with Gasteiger partial charge < -0.3 is 9.47 Å². The molecule has 0 radical (unpaired) electrons. The molecule has 1 aliphatic heterocycles. The lowest BCUT2D eigenvalue weighted by atomic mass is 10.1. The lowest BCUT2D eigenvalue weighted by Crippen LogP contribution is -2.08. The zero-order chi connectivity index (χ0) is 12.1. The van der Waals surface area contributed by atoms with E-state index >= 15 is 0 Å². The Balaban J connectivity index is 1.72. The fourth-order valence-corrected chi connectivity index (χ4v) is 2.10. The highest BCUT2D eigenvalue weighted by Gasteiger charge is 2.14. The third kappa shape index (κ3) is 3.43. The fraction of sp³-hybridized carbons (Fsp3) is 0.571. The molecule has 1 fully saturated rings. The molecule has 1 aromatic carbocycles. The van der Waals surface area contributed by atoms with Crippen LogP contribution in [0.5, 0.6) is 5.75 Å². The van der Waals surface area contributed by atoms with Crippen LogP contribution >= 0.6 is 0 Å². The van der Waals surface area contributed by atoms with Crippen LogP contribution in [0.25, 0.3) is 0 Å². The summed E-state index contributed by atoms with van der Waals surface area (Å²) in [6.45, 7) is 3.19. The standard InChI is InChI=1S/C14H19FO2/c1-11-5-2-8-13(14(11)15)17-10-4-7-12-6-3-9-16-12/h2,5,8,12H,3-4,6-7,9-10H2,1H3. The van der Waals surface area contributed by atoms with Crippen molar-refractivity contribution >= 4 is 0 Å². The largest absolute Gasteiger partial charge is 0.491 e. The van der Waals surface area contributed by atoms with E-state index in [2.05, 4.69) is 0 Å². The first-order chi connectivity index (χ1) is 8.27. The molecule has 1 aromatic rings. The van der Waals surface area contributed by atoms with Crippen molar-refractivity contribution in [2.75, 3.05) is 13.2 Å². The summed E-state index contributed by atoms with van der Waals surface area (Å²) in [7, 11) is 0. The van der Waals surface area contributed by atoms with Crippen LogP contribution in [0.2, 0.25) is 0 Å². The Morgan fingerprint density at radius 1 is 1.47 bits per heavy atom. The third-order valence-electron chi connectivity index (χ3n) is 3.11. The molecule has 0 amide bonds. The number of aryl methyl sites for hydroxylation is 1. The molecule has 94 valence electrons. The molecule has 17 heavy (non-hydrogen) atoms. The third-order valence-corrected chi connectivity index (χ3v) is 3.11. The quantitative estimate of drug-likeness (QED) is 0.731. The zero-order valence-corrected chi connectivity index (χ0v) is 10.2. The maximum Gasteiger partial charge on any atom is 0.167 e. The van der Waals surface area contributed by atoms with Crippen molar-refractivity contribution in [3.8, 4) is 5.75 Å². The molecule has 1 atom stereocenters. The van der Waals surface area contributed by atoms with Gasteiger partial charge in [0.1, 0.15) is 0 Å². The van der Waals surface area contributed by atoms with Crippen LogP contribution in [0, 0.1) is 12.7 Å². The smallest absolute Gasteiger partial charge is 0.167 e. The van der Waals surface area contributed by atoms with Gasteiger partial charge in [-0.3, -0.25) is 0 Å². The molecule has 0 N–H and O–H groups in total. The molecular weight excluding hydrogens is 219 g/mol. The fourth-order valence-electron chi connectivity index (χ4n) is 2.10. The van der Waals surface area contributed by atoms with Crippen molar-refractivity contribution in [1.29, 1.82) is 0 Å². The minimum Gasteiger partial charge on any atom is -0.491 e. The molecule has 2 nitrogen and oxygen atoms in total. The van der Waals surface area contributed by atoms with E-state index in [9.17, 15) is 4.39 Å².